The van der Waals surface area contributed by atoms with Crippen LogP contribution in [-0.2, 0) is 6.42 Å². The Morgan fingerprint density at radius 1 is 0.970 bits per heavy atom. The summed E-state index contributed by atoms with van der Waals surface area (Å²) in [6.45, 7) is 2.23. The van der Waals surface area contributed by atoms with Crippen LogP contribution in [0.5, 0.6) is 5.75 Å². The molecule has 1 heterocycles. The Morgan fingerprint density at radius 3 is 2.27 bits per heavy atom. The lowest BCUT2D eigenvalue weighted by atomic mass is 10.1. The summed E-state index contributed by atoms with van der Waals surface area (Å²) in [5.41, 5.74) is 2.33. The van der Waals surface area contributed by atoms with E-state index in [9.17, 15) is 9.18 Å². The van der Waals surface area contributed by atoms with Gasteiger partial charge in [0.15, 0.2) is 17.4 Å². The molecule has 0 saturated heterocycles. The summed E-state index contributed by atoms with van der Waals surface area (Å²) in [6.07, 6.45) is 13.6. The SMILES string of the molecule is CCCCCCCCCc1cnc(-c2ccc(C(=O)Oc3ccc(C#N)cc3F)cc2)nc1. The lowest BCUT2D eigenvalue weighted by Crippen LogP contribution is -2.09. The van der Waals surface area contributed by atoms with Crippen molar-refractivity contribution in [1.29, 1.82) is 5.26 Å². The fourth-order valence-corrected chi connectivity index (χ4v) is 3.49. The largest absolute Gasteiger partial charge is 0.420 e. The highest BCUT2D eigenvalue weighted by atomic mass is 19.1. The zero-order chi connectivity index (χ0) is 23.5. The molecule has 3 aromatic rings. The number of halogens is 1. The number of aryl methyl sites for hydroxylation is 1. The molecular weight excluding hydrogens is 417 g/mol. The number of ether oxygens (including phenoxy) is 1. The van der Waals surface area contributed by atoms with Crippen LogP contribution < -0.4 is 4.74 Å². The van der Waals surface area contributed by atoms with Gasteiger partial charge in [-0.1, -0.05) is 57.6 Å². The first-order valence-electron chi connectivity index (χ1n) is 11.4. The quantitative estimate of drug-likeness (QED) is 0.187. The molecule has 0 N–H and O–H groups in total. The predicted molar refractivity (Wildman–Crippen MR) is 125 cm³/mol. The molecule has 0 saturated carbocycles. The molecule has 3 rings (SSSR count). The lowest BCUT2D eigenvalue weighted by molar-refractivity contribution is 0.0728. The molecule has 0 aliphatic carbocycles. The summed E-state index contributed by atoms with van der Waals surface area (Å²) in [6, 6.07) is 12.2. The minimum Gasteiger partial charge on any atom is -0.420 e. The van der Waals surface area contributed by atoms with Crippen LogP contribution in [0.15, 0.2) is 54.9 Å². The Labute approximate surface area is 194 Å². The number of unbranched alkanes of at least 4 members (excludes halogenated alkanes) is 6. The fraction of sp³-hybridized carbons (Fsp3) is 0.333. The average molecular weight is 446 g/mol. The van der Waals surface area contributed by atoms with Crippen LogP contribution in [0.1, 0.15) is 73.4 Å². The standard InChI is InChI=1S/C27H28FN3O2/c1-2-3-4-5-6-7-8-9-21-18-30-26(31-19-21)22-11-13-23(14-12-22)27(32)33-25-15-10-20(17-29)16-24(25)28/h10-16,18-19H,2-9H2,1H3. The smallest absolute Gasteiger partial charge is 0.343 e. The monoisotopic (exact) mass is 445 g/mol. The topological polar surface area (TPSA) is 75.9 Å². The third-order valence-corrected chi connectivity index (χ3v) is 5.42. The van der Waals surface area contributed by atoms with E-state index in [1.165, 1.54) is 50.7 Å². The van der Waals surface area contributed by atoms with E-state index in [0.717, 1.165) is 30.0 Å². The molecule has 0 amide bonds. The van der Waals surface area contributed by atoms with Gasteiger partial charge in [-0.15, -0.1) is 0 Å². The zero-order valence-corrected chi connectivity index (χ0v) is 18.9. The molecule has 170 valence electrons. The second-order valence-electron chi connectivity index (χ2n) is 8.01. The number of nitriles is 1. The highest BCUT2D eigenvalue weighted by molar-refractivity contribution is 5.91. The van der Waals surface area contributed by atoms with Gasteiger partial charge in [0, 0.05) is 18.0 Å². The van der Waals surface area contributed by atoms with E-state index in [2.05, 4.69) is 16.9 Å². The summed E-state index contributed by atoms with van der Waals surface area (Å²) in [5, 5.41) is 8.79. The van der Waals surface area contributed by atoms with Crippen LogP contribution in [-0.4, -0.2) is 15.9 Å². The van der Waals surface area contributed by atoms with Crippen molar-refractivity contribution >= 4 is 5.97 Å². The van der Waals surface area contributed by atoms with Crippen LogP contribution in [0.3, 0.4) is 0 Å². The van der Waals surface area contributed by atoms with Gasteiger partial charge in [0.05, 0.1) is 17.2 Å². The third-order valence-electron chi connectivity index (χ3n) is 5.42. The van der Waals surface area contributed by atoms with Crippen molar-refractivity contribution in [2.24, 2.45) is 0 Å². The normalized spacial score (nSPS) is 10.6. The lowest BCUT2D eigenvalue weighted by Gasteiger charge is -2.07. The highest BCUT2D eigenvalue weighted by Crippen LogP contribution is 2.21. The molecule has 0 fully saturated rings. The minimum atomic E-state index is -0.760. The van der Waals surface area contributed by atoms with Crippen LogP contribution in [0.4, 0.5) is 4.39 Å². The van der Waals surface area contributed by atoms with Gasteiger partial charge in [-0.2, -0.15) is 5.26 Å². The highest BCUT2D eigenvalue weighted by Gasteiger charge is 2.13. The van der Waals surface area contributed by atoms with E-state index in [-0.39, 0.29) is 16.9 Å². The third kappa shape index (κ3) is 7.21. The van der Waals surface area contributed by atoms with Crippen molar-refractivity contribution < 1.29 is 13.9 Å². The number of nitrogens with zero attached hydrogens (tertiary/aromatic N) is 3. The minimum absolute atomic E-state index is 0.157. The second-order valence-corrected chi connectivity index (χ2v) is 8.01. The number of benzene rings is 2. The van der Waals surface area contributed by atoms with Gasteiger partial charge in [0.2, 0.25) is 0 Å². The van der Waals surface area contributed by atoms with Crippen molar-refractivity contribution in [2.75, 3.05) is 0 Å². The molecule has 0 spiro atoms. The number of carbonyl (C=O) groups is 1. The first-order chi connectivity index (χ1) is 16.1. The Hall–Kier alpha value is -3.59. The fourth-order valence-electron chi connectivity index (χ4n) is 3.49. The van der Waals surface area contributed by atoms with Crippen molar-refractivity contribution in [3.8, 4) is 23.2 Å². The molecule has 2 aromatic carbocycles. The zero-order valence-electron chi connectivity index (χ0n) is 18.9. The Kier molecular flexibility index (Phi) is 9.08. The number of rotatable bonds is 11. The van der Waals surface area contributed by atoms with Crippen molar-refractivity contribution in [1.82, 2.24) is 9.97 Å². The van der Waals surface area contributed by atoms with E-state index in [4.69, 9.17) is 10.00 Å². The molecule has 0 radical (unpaired) electrons. The van der Waals surface area contributed by atoms with Crippen LogP contribution in [0.2, 0.25) is 0 Å². The van der Waals surface area contributed by atoms with Crippen molar-refractivity contribution in [3.63, 3.8) is 0 Å². The summed E-state index contributed by atoms with van der Waals surface area (Å²) in [4.78, 5) is 21.2. The van der Waals surface area contributed by atoms with Crippen molar-refractivity contribution in [2.45, 2.75) is 58.3 Å². The molecular formula is C27H28FN3O2. The number of hydrogen-bond acceptors (Lipinski definition) is 5. The van der Waals surface area contributed by atoms with E-state index in [0.29, 0.717) is 5.82 Å². The summed E-state index contributed by atoms with van der Waals surface area (Å²) in [7, 11) is 0. The maximum absolute atomic E-state index is 13.9. The summed E-state index contributed by atoms with van der Waals surface area (Å²) >= 11 is 0. The van der Waals surface area contributed by atoms with Gasteiger partial charge in [0.25, 0.3) is 0 Å². The van der Waals surface area contributed by atoms with Gasteiger partial charge in [-0.05, 0) is 48.7 Å². The molecule has 5 nitrogen and oxygen atoms in total. The second kappa shape index (κ2) is 12.4. The molecule has 1 aromatic heterocycles. The summed E-state index contributed by atoms with van der Waals surface area (Å²) in [5.74, 6) is -1.08. The Balaban J connectivity index is 1.52. The molecule has 0 unspecified atom stereocenters. The average Bonchev–Trinajstić information content (AvgIpc) is 2.85. The molecule has 0 bridgehead atoms. The Morgan fingerprint density at radius 2 is 1.64 bits per heavy atom. The molecule has 0 aliphatic rings. The first kappa shape index (κ1) is 24.1. The Bertz CT molecular complexity index is 1090. The van der Waals surface area contributed by atoms with Gasteiger partial charge in [-0.25, -0.2) is 19.2 Å². The summed E-state index contributed by atoms with van der Waals surface area (Å²) < 4.78 is 19.1. The van der Waals surface area contributed by atoms with Crippen LogP contribution >= 0.6 is 0 Å². The maximum Gasteiger partial charge on any atom is 0.343 e. The number of hydrogen-bond donors (Lipinski definition) is 0. The van der Waals surface area contributed by atoms with Gasteiger partial charge >= 0.3 is 5.97 Å². The van der Waals surface area contributed by atoms with Crippen LogP contribution in [0.25, 0.3) is 11.4 Å². The molecule has 6 heteroatoms. The number of esters is 1. The van der Waals surface area contributed by atoms with Crippen LogP contribution in [0, 0.1) is 17.1 Å². The molecule has 0 atom stereocenters. The van der Waals surface area contributed by atoms with E-state index in [1.807, 2.05) is 18.5 Å². The van der Waals surface area contributed by atoms with Crippen molar-refractivity contribution in [3.05, 3.63) is 77.4 Å². The van der Waals surface area contributed by atoms with E-state index >= 15 is 0 Å². The van der Waals surface area contributed by atoms with Gasteiger partial charge in [0.1, 0.15) is 0 Å². The molecule has 0 aliphatic heterocycles. The number of aromatic nitrogens is 2. The van der Waals surface area contributed by atoms with Gasteiger partial charge < -0.3 is 4.74 Å². The predicted octanol–water partition coefficient (Wildman–Crippen LogP) is 6.67. The van der Waals surface area contributed by atoms with Gasteiger partial charge in [-0.3, -0.25) is 0 Å². The maximum atomic E-state index is 13.9. The number of carbonyl (C=O) groups excluding carboxylic acids is 1. The molecule has 33 heavy (non-hydrogen) atoms. The first-order valence-corrected chi connectivity index (χ1v) is 11.4. The van der Waals surface area contributed by atoms with E-state index in [1.54, 1.807) is 24.3 Å². The van der Waals surface area contributed by atoms with E-state index < -0.39 is 11.8 Å².